The van der Waals surface area contributed by atoms with E-state index in [2.05, 4.69) is 20.7 Å². The summed E-state index contributed by atoms with van der Waals surface area (Å²) in [7, 11) is 0. The monoisotopic (exact) mass is 519 g/mol. The first kappa shape index (κ1) is 25.1. The Morgan fingerprint density at radius 1 is 1.20 bits per heavy atom. The van der Waals surface area contributed by atoms with Crippen LogP contribution in [0.2, 0.25) is 5.02 Å². The summed E-state index contributed by atoms with van der Waals surface area (Å²) in [6.45, 7) is -1.30. The second-order valence-corrected chi connectivity index (χ2v) is 8.69. The molecule has 13 heteroatoms. The molecule has 188 valence electrons. The van der Waals surface area contributed by atoms with Crippen LogP contribution in [-0.4, -0.2) is 32.8 Å². The highest BCUT2D eigenvalue weighted by atomic mass is 35.5. The smallest absolute Gasteiger partial charge is 0.382 e. The lowest BCUT2D eigenvalue weighted by atomic mass is 9.90. The minimum Gasteiger partial charge on any atom is -0.382 e. The lowest BCUT2D eigenvalue weighted by Crippen LogP contribution is -2.42. The third-order valence-electron chi connectivity index (χ3n) is 5.88. The number of nitrogens with zero attached hydrogens (tertiary/aromatic N) is 3. The van der Waals surface area contributed by atoms with Crippen molar-refractivity contribution in [3.63, 3.8) is 0 Å². The fourth-order valence-corrected chi connectivity index (χ4v) is 4.46. The first-order chi connectivity index (χ1) is 16.6. The minimum absolute atomic E-state index is 0.122. The molecule has 0 bridgehead atoms. The average molecular weight is 520 g/mol. The molecule has 0 saturated heterocycles. The minimum atomic E-state index is -4.65. The molecule has 4 rings (SSSR count). The molecule has 0 aliphatic heterocycles. The zero-order valence-corrected chi connectivity index (χ0v) is 18.8. The molecule has 0 unspecified atom stereocenters. The summed E-state index contributed by atoms with van der Waals surface area (Å²) in [6.07, 6.45) is -4.74. The Bertz CT molecular complexity index is 1230. The number of alkyl halides is 6. The van der Waals surface area contributed by atoms with Crippen molar-refractivity contribution in [1.29, 1.82) is 0 Å². The van der Waals surface area contributed by atoms with Crippen molar-refractivity contribution in [3.05, 3.63) is 52.4 Å². The predicted octanol–water partition coefficient (Wildman–Crippen LogP) is 6.12. The second kappa shape index (κ2) is 9.92. The van der Waals surface area contributed by atoms with Crippen LogP contribution < -0.4 is 10.6 Å². The number of carbonyl (C=O) groups is 1. The van der Waals surface area contributed by atoms with Gasteiger partial charge in [-0.25, -0.2) is 22.8 Å². The van der Waals surface area contributed by atoms with E-state index in [9.17, 15) is 31.1 Å². The number of aromatic nitrogens is 3. The molecule has 1 aliphatic carbocycles. The van der Waals surface area contributed by atoms with Crippen LogP contribution in [0.4, 0.5) is 32.0 Å². The van der Waals surface area contributed by atoms with Crippen LogP contribution in [0.25, 0.3) is 10.9 Å². The molecule has 1 fully saturated rings. The summed E-state index contributed by atoms with van der Waals surface area (Å²) < 4.78 is 80.1. The number of halogens is 7. The van der Waals surface area contributed by atoms with Gasteiger partial charge in [-0.2, -0.15) is 18.3 Å². The molecule has 35 heavy (non-hydrogen) atoms. The Morgan fingerprint density at radius 3 is 2.63 bits per heavy atom. The highest BCUT2D eigenvalue weighted by Crippen LogP contribution is 2.35. The first-order valence-electron chi connectivity index (χ1n) is 10.7. The quantitative estimate of drug-likeness (QED) is 0.385. The standard InChI is InChI=1S/C22H20ClF6N5O/c23-11-4-5-16-14(6-11)17(8-18(33-16)22(27,28)29)31-12-2-1-3-13(7-12)32-21(35)15-9-30-34(10-24)19(15)20(25)26/h4-6,8-9,12-13,20H,1-3,7,10H2,(H,31,33)(H,32,35)/t12-,13+/m0/s1. The first-order valence-corrected chi connectivity index (χ1v) is 11.1. The van der Waals surface area contributed by atoms with Gasteiger partial charge >= 0.3 is 6.18 Å². The normalized spacial score (nSPS) is 18.7. The molecule has 2 atom stereocenters. The third kappa shape index (κ3) is 5.47. The number of anilines is 1. The topological polar surface area (TPSA) is 71.8 Å². The molecule has 1 aromatic carbocycles. The van der Waals surface area contributed by atoms with Gasteiger partial charge in [-0.05, 0) is 49.9 Å². The Balaban J connectivity index is 1.53. The molecule has 2 N–H and O–H groups in total. The van der Waals surface area contributed by atoms with E-state index in [4.69, 9.17) is 11.6 Å². The molecule has 6 nitrogen and oxygen atoms in total. The zero-order valence-electron chi connectivity index (χ0n) is 18.0. The maximum absolute atomic E-state index is 13.4. The molecule has 2 aromatic heterocycles. The highest BCUT2D eigenvalue weighted by molar-refractivity contribution is 6.31. The average Bonchev–Trinajstić information content (AvgIpc) is 3.24. The van der Waals surface area contributed by atoms with Gasteiger partial charge < -0.3 is 10.6 Å². The maximum Gasteiger partial charge on any atom is 0.433 e. The fourth-order valence-electron chi connectivity index (χ4n) is 4.29. The van der Waals surface area contributed by atoms with Crippen LogP contribution in [0.3, 0.4) is 0 Å². The van der Waals surface area contributed by atoms with E-state index >= 15 is 0 Å². The van der Waals surface area contributed by atoms with Crippen molar-refractivity contribution >= 4 is 34.1 Å². The van der Waals surface area contributed by atoms with Crippen LogP contribution in [0.1, 0.15) is 53.9 Å². The molecular weight excluding hydrogens is 500 g/mol. The van der Waals surface area contributed by atoms with Gasteiger partial charge in [0.15, 0.2) is 6.80 Å². The van der Waals surface area contributed by atoms with Crippen LogP contribution in [0.5, 0.6) is 0 Å². The van der Waals surface area contributed by atoms with Crippen LogP contribution in [0.15, 0.2) is 30.5 Å². The number of hydrogen-bond acceptors (Lipinski definition) is 4. The van der Waals surface area contributed by atoms with Crippen LogP contribution in [0, 0.1) is 0 Å². The highest BCUT2D eigenvalue weighted by Gasteiger charge is 2.34. The Hall–Kier alpha value is -3.02. The van der Waals surface area contributed by atoms with Crippen LogP contribution >= 0.6 is 11.6 Å². The molecule has 1 amide bonds. The Labute approximate surface area is 200 Å². The van der Waals surface area contributed by atoms with Crippen molar-refractivity contribution in [2.45, 2.75) is 57.2 Å². The van der Waals surface area contributed by atoms with Gasteiger partial charge in [0.1, 0.15) is 11.4 Å². The van der Waals surface area contributed by atoms with Crippen molar-refractivity contribution < 1.29 is 31.1 Å². The van der Waals surface area contributed by atoms with Gasteiger partial charge in [0.2, 0.25) is 0 Å². The van der Waals surface area contributed by atoms with Gasteiger partial charge in [0, 0.05) is 28.2 Å². The number of rotatable bonds is 6. The SMILES string of the molecule is O=C(N[C@@H]1CCC[C@H](Nc2cc(C(F)(F)F)nc3ccc(Cl)cc23)C1)c1cnn(CF)c1C(F)F. The van der Waals surface area contributed by atoms with Crippen molar-refractivity contribution in [2.75, 3.05) is 5.32 Å². The molecule has 1 saturated carbocycles. The molecular formula is C22H20ClF6N5O. The molecule has 3 aromatic rings. The van der Waals surface area contributed by atoms with Crippen LogP contribution in [-0.2, 0) is 13.0 Å². The van der Waals surface area contributed by atoms with E-state index < -0.39 is 48.3 Å². The summed E-state index contributed by atoms with van der Waals surface area (Å²) in [5.41, 5.74) is -1.96. The Morgan fingerprint density at radius 2 is 1.94 bits per heavy atom. The molecule has 1 aliphatic rings. The van der Waals surface area contributed by atoms with E-state index in [1.807, 2.05) is 0 Å². The predicted molar refractivity (Wildman–Crippen MR) is 117 cm³/mol. The van der Waals surface area contributed by atoms with Gasteiger partial charge in [0.25, 0.3) is 12.3 Å². The number of hydrogen-bond donors (Lipinski definition) is 2. The van der Waals surface area contributed by atoms with E-state index in [1.54, 1.807) is 0 Å². The number of amides is 1. The number of nitrogens with one attached hydrogen (secondary N) is 2. The largest absolute Gasteiger partial charge is 0.433 e. The fraction of sp³-hybridized carbons (Fsp3) is 0.409. The number of carbonyl (C=O) groups excluding carboxylic acids is 1. The molecule has 0 spiro atoms. The van der Waals surface area contributed by atoms with Gasteiger partial charge in [-0.15, -0.1) is 0 Å². The van der Waals surface area contributed by atoms with E-state index in [0.717, 1.165) is 12.3 Å². The number of fused-ring (bicyclic) bond motifs is 1. The number of pyridine rings is 1. The Kier molecular flexibility index (Phi) is 7.11. The zero-order chi connectivity index (χ0) is 25.3. The number of benzene rings is 1. The lowest BCUT2D eigenvalue weighted by molar-refractivity contribution is -0.140. The molecule has 2 heterocycles. The summed E-state index contributed by atoms with van der Waals surface area (Å²) in [5, 5.41) is 10.0. The van der Waals surface area contributed by atoms with Gasteiger partial charge in [-0.3, -0.25) is 4.79 Å². The van der Waals surface area contributed by atoms with Crippen molar-refractivity contribution in [2.24, 2.45) is 0 Å². The van der Waals surface area contributed by atoms with E-state index in [-0.39, 0.29) is 17.2 Å². The van der Waals surface area contributed by atoms with E-state index in [0.29, 0.717) is 40.8 Å². The summed E-state index contributed by atoms with van der Waals surface area (Å²) >= 11 is 6.04. The summed E-state index contributed by atoms with van der Waals surface area (Å²) in [6, 6.07) is 4.53. The van der Waals surface area contributed by atoms with Crippen molar-refractivity contribution in [3.8, 4) is 0 Å². The van der Waals surface area contributed by atoms with E-state index in [1.165, 1.54) is 18.2 Å². The second-order valence-electron chi connectivity index (χ2n) is 8.26. The van der Waals surface area contributed by atoms with Gasteiger partial charge in [0.05, 0.1) is 17.3 Å². The third-order valence-corrected chi connectivity index (χ3v) is 6.11. The van der Waals surface area contributed by atoms with Crippen molar-refractivity contribution in [1.82, 2.24) is 20.1 Å². The van der Waals surface area contributed by atoms with Gasteiger partial charge in [-0.1, -0.05) is 11.6 Å². The molecule has 0 radical (unpaired) electrons. The maximum atomic E-state index is 13.4. The summed E-state index contributed by atoms with van der Waals surface area (Å²) in [4.78, 5) is 16.3. The lowest BCUT2D eigenvalue weighted by Gasteiger charge is -2.31. The summed E-state index contributed by atoms with van der Waals surface area (Å²) in [5.74, 6) is -0.814.